The molecule has 0 fully saturated rings. The molecule has 5 heterocycles. The van der Waals surface area contributed by atoms with Crippen LogP contribution in [0.3, 0.4) is 0 Å². The van der Waals surface area contributed by atoms with E-state index in [2.05, 4.69) is 15.3 Å². The standard InChI is InChI=1S/C29H24N6O/c30-28(35-29(36)18-4-2-1-3-5-18)13-19-12-26-16-24-9-8-22(32-24)14-20-6-7-21(31-20)15-23-10-11-25(33-23)17-27(19)34-26/h1-12,14-17,28,31,34H,13,30H2,(H,35,36). The quantitative estimate of drug-likeness (QED) is 0.273. The number of nitrogens with two attached hydrogens (primary N) is 1. The third kappa shape index (κ3) is 4.73. The number of carbonyl (C=O) groups excluding carboxylic acids is 1. The number of aromatic amines is 2. The molecule has 0 spiro atoms. The second kappa shape index (κ2) is 9.13. The molecule has 0 aliphatic carbocycles. The monoisotopic (exact) mass is 472 g/mol. The van der Waals surface area contributed by atoms with Crippen molar-refractivity contribution in [3.63, 3.8) is 0 Å². The molecule has 6 rings (SSSR count). The van der Waals surface area contributed by atoms with Gasteiger partial charge in [-0.1, -0.05) is 18.2 Å². The van der Waals surface area contributed by atoms with Crippen molar-refractivity contribution in [1.29, 1.82) is 0 Å². The summed E-state index contributed by atoms with van der Waals surface area (Å²) >= 11 is 0. The summed E-state index contributed by atoms with van der Waals surface area (Å²) in [7, 11) is 0. The molecular formula is C29H24N6O. The maximum absolute atomic E-state index is 12.6. The molecule has 0 saturated carbocycles. The summed E-state index contributed by atoms with van der Waals surface area (Å²) in [4.78, 5) is 28.9. The summed E-state index contributed by atoms with van der Waals surface area (Å²) in [5, 5.41) is 2.89. The molecule has 8 bridgehead atoms. The van der Waals surface area contributed by atoms with Gasteiger partial charge in [0.2, 0.25) is 0 Å². The fourth-order valence-corrected chi connectivity index (χ4v) is 4.38. The Morgan fingerprint density at radius 1 is 0.750 bits per heavy atom. The van der Waals surface area contributed by atoms with E-state index in [0.717, 1.165) is 50.4 Å². The van der Waals surface area contributed by atoms with Gasteiger partial charge in [-0.2, -0.15) is 0 Å². The molecule has 1 aromatic carbocycles. The topological polar surface area (TPSA) is 112 Å². The summed E-state index contributed by atoms with van der Waals surface area (Å²) in [5.41, 5.74) is 15.1. The van der Waals surface area contributed by atoms with Crippen molar-refractivity contribution in [2.75, 3.05) is 0 Å². The van der Waals surface area contributed by atoms with Gasteiger partial charge in [0.15, 0.2) is 0 Å². The molecule has 1 atom stereocenters. The number of carbonyl (C=O) groups is 1. The highest BCUT2D eigenvalue weighted by Gasteiger charge is 2.13. The van der Waals surface area contributed by atoms with Crippen LogP contribution < -0.4 is 11.1 Å². The Morgan fingerprint density at radius 3 is 1.97 bits per heavy atom. The van der Waals surface area contributed by atoms with Gasteiger partial charge in [0, 0.05) is 34.1 Å². The third-order valence-corrected chi connectivity index (χ3v) is 6.05. The fraction of sp³-hybridized carbons (Fsp3) is 0.0690. The molecule has 1 unspecified atom stereocenters. The molecule has 4 aromatic rings. The zero-order chi connectivity index (χ0) is 24.5. The van der Waals surface area contributed by atoms with Crippen LogP contribution in [-0.2, 0) is 6.42 Å². The molecule has 2 aliphatic rings. The maximum Gasteiger partial charge on any atom is 0.252 e. The SMILES string of the molecule is NC(Cc1cc2cc3nc(cc4ccc(cc5nc(cc1[nH]2)C=C5)[nH]4)C=C3)NC(=O)c1ccccc1. The Morgan fingerprint density at radius 2 is 1.33 bits per heavy atom. The van der Waals surface area contributed by atoms with Crippen LogP contribution in [-0.4, -0.2) is 32.0 Å². The first-order chi connectivity index (χ1) is 17.6. The van der Waals surface area contributed by atoms with Crippen LogP contribution in [0.2, 0.25) is 0 Å². The Bertz CT molecular complexity index is 1680. The highest BCUT2D eigenvalue weighted by atomic mass is 16.1. The molecule has 36 heavy (non-hydrogen) atoms. The van der Waals surface area contributed by atoms with E-state index >= 15 is 0 Å². The number of aromatic nitrogens is 4. The van der Waals surface area contributed by atoms with Gasteiger partial charge in [0.1, 0.15) is 0 Å². The molecule has 0 radical (unpaired) electrons. The van der Waals surface area contributed by atoms with E-state index in [1.807, 2.05) is 85.0 Å². The molecule has 3 aromatic heterocycles. The number of H-pyrrole nitrogens is 2. The van der Waals surface area contributed by atoms with E-state index in [0.29, 0.717) is 12.0 Å². The van der Waals surface area contributed by atoms with Gasteiger partial charge in [-0.05, 0) is 84.5 Å². The average Bonchev–Trinajstić information content (AvgIpc) is 3.66. The van der Waals surface area contributed by atoms with Crippen molar-refractivity contribution < 1.29 is 4.79 Å². The second-order valence-electron chi connectivity index (χ2n) is 8.85. The first kappa shape index (κ1) is 21.8. The number of fused-ring (bicyclic) bond motifs is 8. The average molecular weight is 473 g/mol. The molecule has 7 heteroatoms. The van der Waals surface area contributed by atoms with Crippen LogP contribution in [0.25, 0.3) is 46.4 Å². The molecule has 2 aliphatic heterocycles. The molecule has 5 N–H and O–H groups in total. The summed E-state index contributed by atoms with van der Waals surface area (Å²) in [6.07, 6.45) is 7.84. The number of hydrogen-bond donors (Lipinski definition) is 4. The zero-order valence-corrected chi connectivity index (χ0v) is 19.4. The van der Waals surface area contributed by atoms with Gasteiger partial charge < -0.3 is 21.0 Å². The normalized spacial score (nSPS) is 13.0. The lowest BCUT2D eigenvalue weighted by Crippen LogP contribution is -2.43. The number of hydrogen-bond acceptors (Lipinski definition) is 4. The Labute approximate surface area is 207 Å². The van der Waals surface area contributed by atoms with Crippen LogP contribution in [0.4, 0.5) is 0 Å². The van der Waals surface area contributed by atoms with Gasteiger partial charge in [-0.15, -0.1) is 0 Å². The molecule has 7 nitrogen and oxygen atoms in total. The number of benzene rings is 1. The Hall–Kier alpha value is -4.75. The smallest absolute Gasteiger partial charge is 0.252 e. The minimum atomic E-state index is -0.556. The number of amides is 1. The third-order valence-electron chi connectivity index (χ3n) is 6.05. The molecule has 0 saturated heterocycles. The minimum absolute atomic E-state index is 0.198. The minimum Gasteiger partial charge on any atom is -0.355 e. The maximum atomic E-state index is 12.6. The van der Waals surface area contributed by atoms with Crippen LogP contribution in [0.15, 0.2) is 72.8 Å². The van der Waals surface area contributed by atoms with Crippen molar-refractivity contribution in [3.05, 3.63) is 107 Å². The van der Waals surface area contributed by atoms with Crippen LogP contribution in [0.5, 0.6) is 0 Å². The van der Waals surface area contributed by atoms with Gasteiger partial charge >= 0.3 is 0 Å². The molecule has 176 valence electrons. The van der Waals surface area contributed by atoms with Gasteiger partial charge in [0.25, 0.3) is 5.91 Å². The van der Waals surface area contributed by atoms with Crippen LogP contribution in [0.1, 0.15) is 38.7 Å². The van der Waals surface area contributed by atoms with E-state index in [4.69, 9.17) is 15.7 Å². The fourth-order valence-electron chi connectivity index (χ4n) is 4.38. The number of rotatable bonds is 4. The zero-order valence-electron chi connectivity index (χ0n) is 19.4. The van der Waals surface area contributed by atoms with E-state index in [-0.39, 0.29) is 5.91 Å². The number of nitrogens with zero attached hydrogens (tertiary/aromatic N) is 2. The lowest BCUT2D eigenvalue weighted by atomic mass is 10.1. The van der Waals surface area contributed by atoms with Crippen molar-refractivity contribution in [1.82, 2.24) is 25.3 Å². The summed E-state index contributed by atoms with van der Waals surface area (Å²) in [6.45, 7) is 0. The van der Waals surface area contributed by atoms with Gasteiger partial charge in [0.05, 0.1) is 28.9 Å². The van der Waals surface area contributed by atoms with E-state index in [1.165, 1.54) is 0 Å². The van der Waals surface area contributed by atoms with E-state index in [1.54, 1.807) is 12.1 Å². The number of nitrogens with one attached hydrogen (secondary N) is 3. The second-order valence-corrected chi connectivity index (χ2v) is 8.85. The predicted molar refractivity (Wildman–Crippen MR) is 144 cm³/mol. The predicted octanol–water partition coefficient (Wildman–Crippen LogP) is 4.91. The Balaban J connectivity index is 1.42. The summed E-state index contributed by atoms with van der Waals surface area (Å²) in [5.74, 6) is -0.198. The van der Waals surface area contributed by atoms with Crippen LogP contribution in [0, 0.1) is 0 Å². The van der Waals surface area contributed by atoms with Crippen LogP contribution >= 0.6 is 0 Å². The Kier molecular flexibility index (Phi) is 5.52. The van der Waals surface area contributed by atoms with Gasteiger partial charge in [-0.3, -0.25) is 4.79 Å². The lowest BCUT2D eigenvalue weighted by molar-refractivity contribution is 0.0938. The van der Waals surface area contributed by atoms with Crippen molar-refractivity contribution in [3.8, 4) is 0 Å². The lowest BCUT2D eigenvalue weighted by Gasteiger charge is -2.13. The molecular weight excluding hydrogens is 448 g/mol. The van der Waals surface area contributed by atoms with Crippen molar-refractivity contribution >= 4 is 52.3 Å². The first-order valence-electron chi connectivity index (χ1n) is 11.8. The highest BCUT2D eigenvalue weighted by Crippen LogP contribution is 2.20. The van der Waals surface area contributed by atoms with Crippen molar-refractivity contribution in [2.24, 2.45) is 5.73 Å². The highest BCUT2D eigenvalue weighted by molar-refractivity contribution is 5.94. The van der Waals surface area contributed by atoms with Gasteiger partial charge in [-0.25, -0.2) is 9.97 Å². The first-order valence-corrected chi connectivity index (χ1v) is 11.8. The largest absolute Gasteiger partial charge is 0.355 e. The molecule has 1 amide bonds. The summed E-state index contributed by atoms with van der Waals surface area (Å²) < 4.78 is 0. The van der Waals surface area contributed by atoms with E-state index < -0.39 is 6.17 Å². The van der Waals surface area contributed by atoms with Crippen molar-refractivity contribution in [2.45, 2.75) is 12.6 Å². The van der Waals surface area contributed by atoms with E-state index in [9.17, 15) is 4.79 Å². The summed E-state index contributed by atoms with van der Waals surface area (Å²) in [6, 6.07) is 23.2.